The Hall–Kier alpha value is 0.239. The predicted molar refractivity (Wildman–Crippen MR) is 34.8 cm³/mol. The zero-order valence-corrected chi connectivity index (χ0v) is 6.77. The van der Waals surface area contributed by atoms with E-state index in [0.29, 0.717) is 5.32 Å². The number of carbonyl (C=O) groups is 1. The van der Waals surface area contributed by atoms with Crippen molar-refractivity contribution in [1.29, 1.82) is 0 Å². The van der Waals surface area contributed by atoms with Gasteiger partial charge in [-0.1, -0.05) is 0 Å². The van der Waals surface area contributed by atoms with E-state index in [1.54, 1.807) is 0 Å². The fourth-order valence-corrected chi connectivity index (χ4v) is 0.406. The number of hydrogen-bond acceptors (Lipinski definition) is 2. The molecule has 0 fully saturated rings. The third-order valence-corrected chi connectivity index (χ3v) is 1.34. The van der Waals surface area contributed by atoms with Crippen molar-refractivity contribution in [1.82, 2.24) is 0 Å². The Bertz CT molecular complexity index is 79.7. The number of nitrogens with two attached hydrogens (primary N) is 1. The van der Waals surface area contributed by atoms with Crippen molar-refractivity contribution >= 4 is 34.4 Å². The predicted octanol–water partition coefficient (Wildman–Crippen LogP) is -0.861. The zero-order valence-electron chi connectivity index (χ0n) is 4.07. The Balaban J connectivity index is 0. The van der Waals surface area contributed by atoms with Crippen LogP contribution >= 0.6 is 12.4 Å². The summed E-state index contributed by atoms with van der Waals surface area (Å²) in [4.78, 5) is 9.80. The van der Waals surface area contributed by atoms with Crippen molar-refractivity contribution in [3.05, 3.63) is 0 Å². The van der Waals surface area contributed by atoms with Crippen LogP contribution in [0.25, 0.3) is 0 Å². The number of carboxylic acid groups (broad SMARTS) is 1. The van der Waals surface area contributed by atoms with E-state index in [1.807, 2.05) is 0 Å². The average Bonchev–Trinajstić information content (AvgIpc) is 1.65. The monoisotopic (exact) mass is 205 g/mol. The van der Waals surface area contributed by atoms with Crippen LogP contribution in [-0.2, 0) is 4.79 Å². The first-order valence-electron chi connectivity index (χ1n) is 1.77. The standard InChI is InChI=1S/C3H7NO2Se.ClH/c4-2(1-7)3(5)6;/h2,7H,1,4H2,(H,5,6);1H. The molecule has 50 valence electrons. The van der Waals surface area contributed by atoms with Gasteiger partial charge in [-0.2, -0.15) is 0 Å². The first kappa shape index (κ1) is 11.1. The topological polar surface area (TPSA) is 63.3 Å². The van der Waals surface area contributed by atoms with Gasteiger partial charge in [-0.15, -0.1) is 12.4 Å². The first-order chi connectivity index (χ1) is 3.18. The van der Waals surface area contributed by atoms with Crippen LogP contribution in [0.4, 0.5) is 0 Å². The van der Waals surface area contributed by atoms with Gasteiger partial charge in [-0.05, 0) is 0 Å². The van der Waals surface area contributed by atoms with Crippen LogP contribution in [0.1, 0.15) is 0 Å². The molecule has 8 heavy (non-hydrogen) atoms. The zero-order chi connectivity index (χ0) is 5.86. The fourth-order valence-electron chi connectivity index (χ4n) is 0.0781. The Labute approximate surface area is 61.9 Å². The Morgan fingerprint density at radius 2 is 2.25 bits per heavy atom. The van der Waals surface area contributed by atoms with Crippen LogP contribution in [0.3, 0.4) is 0 Å². The summed E-state index contributed by atoms with van der Waals surface area (Å²) in [5.74, 6) is -0.944. The molecule has 0 aromatic carbocycles. The SMILES string of the molecule is Cl.NC(C[SeH])C(=O)O. The molecule has 0 rings (SSSR count). The molecule has 3 nitrogen and oxygen atoms in total. The van der Waals surface area contributed by atoms with E-state index in [1.165, 1.54) is 0 Å². The van der Waals surface area contributed by atoms with Crippen molar-refractivity contribution in [2.75, 3.05) is 0 Å². The molecule has 0 aromatic heterocycles. The normalized spacial score (nSPS) is 11.8. The maximum atomic E-state index is 9.80. The van der Waals surface area contributed by atoms with Crippen LogP contribution in [-0.4, -0.2) is 33.1 Å². The number of carboxylic acids is 1. The van der Waals surface area contributed by atoms with Gasteiger partial charge in [0.15, 0.2) is 0 Å². The van der Waals surface area contributed by atoms with Crippen LogP contribution in [0.5, 0.6) is 0 Å². The first-order valence-corrected chi connectivity index (χ1v) is 3.10. The number of hydrogen-bond donors (Lipinski definition) is 2. The summed E-state index contributed by atoms with van der Waals surface area (Å²) in [6.07, 6.45) is 0. The molecule has 3 N–H and O–H groups in total. The molecule has 0 aliphatic heterocycles. The molecule has 0 aliphatic carbocycles. The number of halogens is 1. The van der Waals surface area contributed by atoms with Crippen LogP contribution in [0.2, 0.25) is 5.32 Å². The second kappa shape index (κ2) is 5.38. The molecule has 0 heterocycles. The summed E-state index contributed by atoms with van der Waals surface area (Å²) < 4.78 is 0. The molecule has 0 aromatic rings. The van der Waals surface area contributed by atoms with Gasteiger partial charge >= 0.3 is 49.0 Å². The van der Waals surface area contributed by atoms with Gasteiger partial charge < -0.3 is 0 Å². The van der Waals surface area contributed by atoms with Crippen LogP contribution in [0.15, 0.2) is 0 Å². The van der Waals surface area contributed by atoms with E-state index in [0.717, 1.165) is 0 Å². The van der Waals surface area contributed by atoms with E-state index >= 15 is 0 Å². The van der Waals surface area contributed by atoms with Gasteiger partial charge in [0.25, 0.3) is 0 Å². The van der Waals surface area contributed by atoms with Crippen molar-refractivity contribution in [3.63, 3.8) is 0 Å². The summed E-state index contributed by atoms with van der Waals surface area (Å²) in [6, 6.07) is -0.708. The molecule has 0 saturated heterocycles. The molecule has 1 unspecified atom stereocenters. The van der Waals surface area contributed by atoms with Gasteiger partial charge in [-0.25, -0.2) is 0 Å². The van der Waals surface area contributed by atoms with Gasteiger partial charge in [0.1, 0.15) is 0 Å². The van der Waals surface area contributed by atoms with Crippen molar-refractivity contribution in [3.8, 4) is 0 Å². The molecule has 0 amide bonds. The summed E-state index contributed by atoms with van der Waals surface area (Å²) in [5.41, 5.74) is 5.00. The Morgan fingerprint density at radius 1 is 1.88 bits per heavy atom. The van der Waals surface area contributed by atoms with Crippen molar-refractivity contribution in [2.45, 2.75) is 11.4 Å². The van der Waals surface area contributed by atoms with E-state index in [2.05, 4.69) is 16.0 Å². The molecule has 0 spiro atoms. The fraction of sp³-hybridized carbons (Fsp3) is 0.667. The maximum absolute atomic E-state index is 9.80. The van der Waals surface area contributed by atoms with E-state index in [9.17, 15) is 4.79 Å². The third-order valence-electron chi connectivity index (χ3n) is 0.514. The number of rotatable bonds is 2. The molecule has 0 bridgehead atoms. The Kier molecular flexibility index (Phi) is 7.46. The summed E-state index contributed by atoms with van der Waals surface area (Å²) in [7, 11) is 0. The van der Waals surface area contributed by atoms with Crippen molar-refractivity contribution < 1.29 is 9.90 Å². The molecule has 0 aliphatic rings. The van der Waals surface area contributed by atoms with Gasteiger partial charge in [-0.3, -0.25) is 0 Å². The quantitative estimate of drug-likeness (QED) is 0.576. The van der Waals surface area contributed by atoms with Gasteiger partial charge in [0.2, 0.25) is 0 Å². The van der Waals surface area contributed by atoms with E-state index in [-0.39, 0.29) is 12.4 Å². The summed E-state index contributed by atoms with van der Waals surface area (Å²) >= 11 is 2.13. The van der Waals surface area contributed by atoms with Gasteiger partial charge in [0.05, 0.1) is 0 Å². The average molecular weight is 205 g/mol. The van der Waals surface area contributed by atoms with E-state index < -0.39 is 12.0 Å². The minimum atomic E-state index is -0.944. The second-order valence-electron chi connectivity index (χ2n) is 1.13. The van der Waals surface area contributed by atoms with Gasteiger partial charge in [0, 0.05) is 0 Å². The Morgan fingerprint density at radius 3 is 2.25 bits per heavy atom. The molecule has 5 heteroatoms. The van der Waals surface area contributed by atoms with Crippen molar-refractivity contribution in [2.24, 2.45) is 5.73 Å². The molecular weight excluding hydrogens is 196 g/mol. The minimum absolute atomic E-state index is 0. The number of aliphatic carboxylic acids is 1. The molecular formula is C3H8ClNO2Se. The summed E-state index contributed by atoms with van der Waals surface area (Å²) in [5, 5.41) is 8.48. The molecule has 0 radical (unpaired) electrons. The summed E-state index contributed by atoms with van der Waals surface area (Å²) in [6.45, 7) is 0. The second-order valence-corrected chi connectivity index (χ2v) is 1.89. The van der Waals surface area contributed by atoms with Crippen LogP contribution in [0, 0.1) is 0 Å². The van der Waals surface area contributed by atoms with Crippen LogP contribution < -0.4 is 5.73 Å². The van der Waals surface area contributed by atoms with E-state index in [4.69, 9.17) is 10.8 Å². The molecule has 0 saturated carbocycles. The molecule has 1 atom stereocenters. The third kappa shape index (κ3) is 4.40.